The molecule has 2 heterocycles. The lowest BCUT2D eigenvalue weighted by Crippen LogP contribution is -2.08. The lowest BCUT2D eigenvalue weighted by atomic mass is 10.4. The molecule has 0 spiro atoms. The number of ether oxygens (including phenoxy) is 1. The van der Waals surface area contributed by atoms with Crippen molar-refractivity contribution in [1.82, 2.24) is 9.55 Å². The number of rotatable bonds is 8. The highest BCUT2D eigenvalue weighted by molar-refractivity contribution is 9.10. The zero-order valence-corrected chi connectivity index (χ0v) is 13.3. The van der Waals surface area contributed by atoms with Crippen molar-refractivity contribution in [2.75, 3.05) is 18.5 Å². The number of anilines is 1. The van der Waals surface area contributed by atoms with Crippen molar-refractivity contribution >= 4 is 33.2 Å². The van der Waals surface area contributed by atoms with Crippen LogP contribution in [0.4, 0.5) is 5.95 Å². The first-order valence-electron chi connectivity index (χ1n) is 6.35. The first-order chi connectivity index (χ1) is 9.29. The van der Waals surface area contributed by atoms with Crippen LogP contribution in [0.5, 0.6) is 0 Å². The second-order valence-corrected chi connectivity index (χ2v) is 5.99. The zero-order valence-electron chi connectivity index (χ0n) is 10.9. The second-order valence-electron chi connectivity index (χ2n) is 4.08. The molecule has 0 aliphatic rings. The Morgan fingerprint density at radius 3 is 3.16 bits per heavy atom. The SMILES string of the molecule is CCOCCCn1ccnc1NCc1cc(Br)cs1. The monoisotopic (exact) mass is 343 g/mol. The van der Waals surface area contributed by atoms with Crippen LogP contribution in [0.1, 0.15) is 18.2 Å². The average Bonchev–Trinajstić information content (AvgIpc) is 3.01. The predicted molar refractivity (Wildman–Crippen MR) is 82.7 cm³/mol. The van der Waals surface area contributed by atoms with E-state index in [1.807, 2.05) is 19.3 Å². The van der Waals surface area contributed by atoms with Gasteiger partial charge in [0, 0.05) is 46.9 Å². The zero-order chi connectivity index (χ0) is 13.5. The Kier molecular flexibility index (Phi) is 5.88. The maximum Gasteiger partial charge on any atom is 0.203 e. The number of hydrogen-bond donors (Lipinski definition) is 1. The van der Waals surface area contributed by atoms with Gasteiger partial charge >= 0.3 is 0 Å². The molecule has 1 N–H and O–H groups in total. The van der Waals surface area contributed by atoms with Gasteiger partial charge in [0.25, 0.3) is 0 Å². The Morgan fingerprint density at radius 2 is 2.42 bits per heavy atom. The second kappa shape index (κ2) is 7.67. The first kappa shape index (κ1) is 14.6. The highest BCUT2D eigenvalue weighted by Gasteiger charge is 2.03. The van der Waals surface area contributed by atoms with Crippen molar-refractivity contribution in [2.24, 2.45) is 0 Å². The fourth-order valence-electron chi connectivity index (χ4n) is 1.75. The molecule has 6 heteroatoms. The molecule has 0 saturated carbocycles. The molecule has 0 aromatic carbocycles. The third-order valence-corrected chi connectivity index (χ3v) is 4.35. The molecule has 19 heavy (non-hydrogen) atoms. The number of imidazole rings is 1. The minimum Gasteiger partial charge on any atom is -0.382 e. The van der Waals surface area contributed by atoms with Gasteiger partial charge in [0.1, 0.15) is 0 Å². The number of hydrogen-bond acceptors (Lipinski definition) is 4. The molecule has 4 nitrogen and oxygen atoms in total. The summed E-state index contributed by atoms with van der Waals surface area (Å²) in [5, 5.41) is 5.45. The van der Waals surface area contributed by atoms with Gasteiger partial charge < -0.3 is 14.6 Å². The van der Waals surface area contributed by atoms with Crippen LogP contribution >= 0.6 is 27.3 Å². The molecule has 0 fully saturated rings. The number of nitrogens with one attached hydrogen (secondary N) is 1. The number of nitrogens with zero attached hydrogens (tertiary/aromatic N) is 2. The van der Waals surface area contributed by atoms with E-state index < -0.39 is 0 Å². The van der Waals surface area contributed by atoms with E-state index in [4.69, 9.17) is 4.74 Å². The maximum atomic E-state index is 5.35. The summed E-state index contributed by atoms with van der Waals surface area (Å²) >= 11 is 5.20. The third-order valence-electron chi connectivity index (χ3n) is 2.65. The first-order valence-corrected chi connectivity index (χ1v) is 8.02. The number of aryl methyl sites for hydroxylation is 1. The van der Waals surface area contributed by atoms with Gasteiger partial charge in [-0.15, -0.1) is 11.3 Å². The van der Waals surface area contributed by atoms with Crippen molar-refractivity contribution in [1.29, 1.82) is 0 Å². The van der Waals surface area contributed by atoms with Gasteiger partial charge in [-0.2, -0.15) is 0 Å². The van der Waals surface area contributed by atoms with Crippen LogP contribution in [-0.4, -0.2) is 22.8 Å². The molecule has 0 unspecified atom stereocenters. The van der Waals surface area contributed by atoms with Crippen molar-refractivity contribution < 1.29 is 4.74 Å². The predicted octanol–water partition coefficient (Wildman–Crippen LogP) is 3.75. The molecule has 0 atom stereocenters. The van der Waals surface area contributed by atoms with Gasteiger partial charge in [-0.1, -0.05) is 0 Å². The van der Waals surface area contributed by atoms with E-state index in [0.717, 1.165) is 43.1 Å². The van der Waals surface area contributed by atoms with Crippen LogP contribution in [0.3, 0.4) is 0 Å². The minimum absolute atomic E-state index is 0.780. The van der Waals surface area contributed by atoms with E-state index in [1.165, 1.54) is 4.88 Å². The van der Waals surface area contributed by atoms with E-state index in [2.05, 4.69) is 42.2 Å². The maximum absolute atomic E-state index is 5.35. The summed E-state index contributed by atoms with van der Waals surface area (Å²) in [6, 6.07) is 2.13. The smallest absolute Gasteiger partial charge is 0.203 e. The molecule has 104 valence electrons. The van der Waals surface area contributed by atoms with Crippen molar-refractivity contribution in [2.45, 2.75) is 26.4 Å². The van der Waals surface area contributed by atoms with Gasteiger partial charge in [-0.25, -0.2) is 4.98 Å². The minimum atomic E-state index is 0.780. The summed E-state index contributed by atoms with van der Waals surface area (Å²) in [4.78, 5) is 5.63. The molecule has 2 aromatic rings. The largest absolute Gasteiger partial charge is 0.382 e. The van der Waals surface area contributed by atoms with Crippen molar-refractivity contribution in [3.05, 3.63) is 33.2 Å². The van der Waals surface area contributed by atoms with Crippen molar-refractivity contribution in [3.63, 3.8) is 0 Å². The molecule has 0 aliphatic carbocycles. The third kappa shape index (κ3) is 4.63. The summed E-state index contributed by atoms with van der Waals surface area (Å²) < 4.78 is 8.61. The van der Waals surface area contributed by atoms with Crippen LogP contribution < -0.4 is 5.32 Å². The summed E-state index contributed by atoms with van der Waals surface area (Å²) in [6.45, 7) is 5.33. The Morgan fingerprint density at radius 1 is 1.53 bits per heavy atom. The van der Waals surface area contributed by atoms with Crippen LogP contribution in [0.2, 0.25) is 0 Å². The van der Waals surface area contributed by atoms with Crippen LogP contribution in [0.25, 0.3) is 0 Å². The van der Waals surface area contributed by atoms with E-state index in [9.17, 15) is 0 Å². The molecular weight excluding hydrogens is 326 g/mol. The van der Waals surface area contributed by atoms with Gasteiger partial charge in [-0.05, 0) is 35.3 Å². The Balaban J connectivity index is 1.81. The highest BCUT2D eigenvalue weighted by atomic mass is 79.9. The number of thiophene rings is 1. The fraction of sp³-hybridized carbons (Fsp3) is 0.462. The van der Waals surface area contributed by atoms with Crippen LogP contribution in [-0.2, 0) is 17.8 Å². The summed E-state index contributed by atoms with van der Waals surface area (Å²) in [6.07, 6.45) is 4.83. The molecular formula is C13H18BrN3OS. The topological polar surface area (TPSA) is 39.1 Å². The van der Waals surface area contributed by atoms with Crippen molar-refractivity contribution in [3.8, 4) is 0 Å². The Hall–Kier alpha value is -0.850. The molecule has 0 aliphatic heterocycles. The summed E-state index contributed by atoms with van der Waals surface area (Å²) in [5.41, 5.74) is 0. The van der Waals surface area contributed by atoms with E-state index in [1.54, 1.807) is 11.3 Å². The number of aromatic nitrogens is 2. The lowest BCUT2D eigenvalue weighted by molar-refractivity contribution is 0.142. The van der Waals surface area contributed by atoms with Crippen LogP contribution in [0, 0.1) is 0 Å². The lowest BCUT2D eigenvalue weighted by Gasteiger charge is -2.09. The van der Waals surface area contributed by atoms with Gasteiger partial charge in [-0.3, -0.25) is 0 Å². The van der Waals surface area contributed by atoms with E-state index >= 15 is 0 Å². The van der Waals surface area contributed by atoms with Gasteiger partial charge in [0.05, 0.1) is 6.54 Å². The molecule has 2 rings (SSSR count). The molecule has 2 aromatic heterocycles. The van der Waals surface area contributed by atoms with E-state index in [-0.39, 0.29) is 0 Å². The molecule has 0 amide bonds. The number of halogens is 1. The standard InChI is InChI=1S/C13H18BrN3OS/c1-2-18-7-3-5-17-6-4-15-13(17)16-9-12-8-11(14)10-19-12/h4,6,8,10H,2-3,5,7,9H2,1H3,(H,15,16). The molecule has 0 radical (unpaired) electrons. The summed E-state index contributed by atoms with van der Waals surface area (Å²) in [7, 11) is 0. The molecule has 0 saturated heterocycles. The van der Waals surface area contributed by atoms with Gasteiger partial charge in [0.15, 0.2) is 0 Å². The fourth-order valence-corrected chi connectivity index (χ4v) is 3.14. The van der Waals surface area contributed by atoms with Crippen LogP contribution in [0.15, 0.2) is 28.3 Å². The quantitative estimate of drug-likeness (QED) is 0.742. The van der Waals surface area contributed by atoms with Gasteiger partial charge in [0.2, 0.25) is 5.95 Å². The Labute approximate surface area is 125 Å². The molecule has 0 bridgehead atoms. The average molecular weight is 344 g/mol. The Bertz CT molecular complexity index is 498. The highest BCUT2D eigenvalue weighted by Crippen LogP contribution is 2.20. The van der Waals surface area contributed by atoms with E-state index in [0.29, 0.717) is 0 Å². The summed E-state index contributed by atoms with van der Waals surface area (Å²) in [5.74, 6) is 0.918. The normalized spacial score (nSPS) is 10.8.